The Labute approximate surface area is 149 Å². The lowest BCUT2D eigenvalue weighted by atomic mass is 10.2. The van der Waals surface area contributed by atoms with Crippen LogP contribution < -0.4 is 15.4 Å². The predicted octanol–water partition coefficient (Wildman–Crippen LogP) is 4.86. The Morgan fingerprint density at radius 3 is 2.74 bits per heavy atom. The van der Waals surface area contributed by atoms with E-state index in [1.165, 1.54) is 0 Å². The Kier molecular flexibility index (Phi) is 6.30. The van der Waals surface area contributed by atoms with Crippen molar-refractivity contribution in [3.63, 3.8) is 0 Å². The number of amides is 1. The molecule has 0 aromatic heterocycles. The molecule has 1 amide bonds. The largest absolute Gasteiger partial charge is 0.495 e. The van der Waals surface area contributed by atoms with Crippen molar-refractivity contribution in [3.05, 3.63) is 51.5 Å². The maximum atomic E-state index is 12.0. The molecule has 0 atom stereocenters. The van der Waals surface area contributed by atoms with Crippen LogP contribution in [-0.4, -0.2) is 19.6 Å². The van der Waals surface area contributed by atoms with E-state index in [4.69, 9.17) is 16.3 Å². The molecule has 0 spiro atoms. The molecule has 2 N–H and O–H groups in total. The number of nitrogens with one attached hydrogen (secondary N) is 2. The lowest BCUT2D eigenvalue weighted by molar-refractivity contribution is -0.115. The minimum Gasteiger partial charge on any atom is -0.495 e. The summed E-state index contributed by atoms with van der Waals surface area (Å²) in [7, 11) is 1.59. The van der Waals surface area contributed by atoms with Crippen molar-refractivity contribution in [3.8, 4) is 5.75 Å². The van der Waals surface area contributed by atoms with Gasteiger partial charge in [-0.05, 0) is 42.8 Å². The van der Waals surface area contributed by atoms with E-state index in [9.17, 15) is 4.79 Å². The zero-order valence-corrected chi connectivity index (χ0v) is 15.3. The molecule has 0 fully saturated rings. The standard InChI is InChI=1S/C17H18BrClN2O2/c1-11-3-5-13(10-14(11)18)21-17(22)7-8-20-15-9-12(19)4-6-16(15)23-2/h3-6,9-10,20H,7-8H2,1-2H3,(H,21,22). The number of carbonyl (C=O) groups is 1. The quantitative estimate of drug-likeness (QED) is 0.732. The lowest BCUT2D eigenvalue weighted by Gasteiger charge is -2.12. The van der Waals surface area contributed by atoms with Gasteiger partial charge in [-0.2, -0.15) is 0 Å². The fraction of sp³-hybridized carbons (Fsp3) is 0.235. The van der Waals surface area contributed by atoms with Crippen LogP contribution in [0.25, 0.3) is 0 Å². The fourth-order valence-electron chi connectivity index (χ4n) is 2.02. The van der Waals surface area contributed by atoms with Crippen molar-refractivity contribution in [1.29, 1.82) is 0 Å². The minimum absolute atomic E-state index is 0.0609. The monoisotopic (exact) mass is 396 g/mol. The molecular formula is C17H18BrClN2O2. The molecule has 0 heterocycles. The van der Waals surface area contributed by atoms with Crippen LogP contribution in [0.2, 0.25) is 5.02 Å². The number of benzene rings is 2. The fourth-order valence-corrected chi connectivity index (χ4v) is 2.57. The van der Waals surface area contributed by atoms with E-state index in [-0.39, 0.29) is 5.91 Å². The number of rotatable bonds is 6. The van der Waals surface area contributed by atoms with E-state index < -0.39 is 0 Å². The summed E-state index contributed by atoms with van der Waals surface area (Å²) in [6.45, 7) is 2.48. The molecule has 2 rings (SSSR count). The Bertz CT molecular complexity index is 707. The van der Waals surface area contributed by atoms with Crippen LogP contribution in [0, 0.1) is 6.92 Å². The summed E-state index contributed by atoms with van der Waals surface area (Å²) < 4.78 is 6.22. The first-order chi connectivity index (χ1) is 11.0. The van der Waals surface area contributed by atoms with Gasteiger partial charge in [0.25, 0.3) is 0 Å². The number of anilines is 2. The SMILES string of the molecule is COc1ccc(Cl)cc1NCCC(=O)Nc1ccc(C)c(Br)c1. The van der Waals surface area contributed by atoms with Gasteiger partial charge < -0.3 is 15.4 Å². The van der Waals surface area contributed by atoms with Gasteiger partial charge in [-0.1, -0.05) is 33.6 Å². The van der Waals surface area contributed by atoms with Gasteiger partial charge in [0.1, 0.15) is 5.75 Å². The van der Waals surface area contributed by atoms with Crippen LogP contribution in [0.1, 0.15) is 12.0 Å². The summed E-state index contributed by atoms with van der Waals surface area (Å²) in [5.41, 5.74) is 2.66. The molecule has 4 nitrogen and oxygen atoms in total. The smallest absolute Gasteiger partial charge is 0.226 e. The van der Waals surface area contributed by atoms with Crippen molar-refractivity contribution >= 4 is 44.8 Å². The van der Waals surface area contributed by atoms with Gasteiger partial charge in [0, 0.05) is 28.1 Å². The van der Waals surface area contributed by atoms with Crippen molar-refractivity contribution in [2.45, 2.75) is 13.3 Å². The minimum atomic E-state index is -0.0609. The lowest BCUT2D eigenvalue weighted by Crippen LogP contribution is -2.16. The molecule has 0 unspecified atom stereocenters. The highest BCUT2D eigenvalue weighted by Gasteiger charge is 2.06. The Balaban J connectivity index is 1.87. The van der Waals surface area contributed by atoms with Gasteiger partial charge in [-0.25, -0.2) is 0 Å². The van der Waals surface area contributed by atoms with Crippen molar-refractivity contribution in [2.75, 3.05) is 24.3 Å². The highest BCUT2D eigenvalue weighted by Crippen LogP contribution is 2.27. The summed E-state index contributed by atoms with van der Waals surface area (Å²) in [6.07, 6.45) is 0.334. The van der Waals surface area contributed by atoms with Crippen LogP contribution in [0.4, 0.5) is 11.4 Å². The third kappa shape index (κ3) is 5.15. The van der Waals surface area contributed by atoms with Gasteiger partial charge in [-0.3, -0.25) is 4.79 Å². The van der Waals surface area contributed by atoms with Gasteiger partial charge in [-0.15, -0.1) is 0 Å². The number of methoxy groups -OCH3 is 1. The third-order valence-electron chi connectivity index (χ3n) is 3.28. The zero-order chi connectivity index (χ0) is 16.8. The van der Waals surface area contributed by atoms with Gasteiger partial charge in [0.2, 0.25) is 5.91 Å². The van der Waals surface area contributed by atoms with Crippen LogP contribution in [-0.2, 0) is 4.79 Å². The molecule has 6 heteroatoms. The number of hydrogen-bond acceptors (Lipinski definition) is 3. The first-order valence-electron chi connectivity index (χ1n) is 7.13. The van der Waals surface area contributed by atoms with Gasteiger partial charge >= 0.3 is 0 Å². The molecular weight excluding hydrogens is 380 g/mol. The summed E-state index contributed by atoms with van der Waals surface area (Å²) in [4.78, 5) is 12.0. The summed E-state index contributed by atoms with van der Waals surface area (Å²) in [5.74, 6) is 0.631. The molecule has 122 valence electrons. The normalized spacial score (nSPS) is 10.3. The van der Waals surface area contributed by atoms with Crippen LogP contribution in [0.3, 0.4) is 0 Å². The maximum Gasteiger partial charge on any atom is 0.226 e. The van der Waals surface area contributed by atoms with Crippen molar-refractivity contribution < 1.29 is 9.53 Å². The van der Waals surface area contributed by atoms with Crippen LogP contribution >= 0.6 is 27.5 Å². The highest BCUT2D eigenvalue weighted by molar-refractivity contribution is 9.10. The van der Waals surface area contributed by atoms with Crippen molar-refractivity contribution in [1.82, 2.24) is 0 Å². The van der Waals surface area contributed by atoms with Crippen LogP contribution in [0.15, 0.2) is 40.9 Å². The topological polar surface area (TPSA) is 50.4 Å². The average Bonchev–Trinajstić information content (AvgIpc) is 2.51. The second-order valence-electron chi connectivity index (χ2n) is 5.03. The second kappa shape index (κ2) is 8.22. The highest BCUT2D eigenvalue weighted by atomic mass is 79.9. The maximum absolute atomic E-state index is 12.0. The van der Waals surface area contributed by atoms with E-state index >= 15 is 0 Å². The second-order valence-corrected chi connectivity index (χ2v) is 6.32. The number of halogens is 2. The van der Waals surface area contributed by atoms with E-state index in [0.29, 0.717) is 23.7 Å². The molecule has 0 aliphatic rings. The molecule has 23 heavy (non-hydrogen) atoms. The molecule has 0 aliphatic carbocycles. The molecule has 0 saturated heterocycles. The Morgan fingerprint density at radius 1 is 1.26 bits per heavy atom. The zero-order valence-electron chi connectivity index (χ0n) is 13.0. The van der Waals surface area contributed by atoms with Gasteiger partial charge in [0.15, 0.2) is 0 Å². The first kappa shape index (κ1) is 17.6. The molecule has 0 aliphatic heterocycles. The molecule has 0 saturated carbocycles. The Morgan fingerprint density at radius 2 is 2.04 bits per heavy atom. The predicted molar refractivity (Wildman–Crippen MR) is 98.6 cm³/mol. The summed E-state index contributed by atoms with van der Waals surface area (Å²) >= 11 is 9.42. The number of carbonyl (C=O) groups excluding carboxylic acids is 1. The van der Waals surface area contributed by atoms with Gasteiger partial charge in [0.05, 0.1) is 12.8 Å². The van der Waals surface area contributed by atoms with E-state index in [0.717, 1.165) is 21.4 Å². The summed E-state index contributed by atoms with van der Waals surface area (Å²) in [6, 6.07) is 11.0. The van der Waals surface area contributed by atoms with Crippen LogP contribution in [0.5, 0.6) is 5.75 Å². The summed E-state index contributed by atoms with van der Waals surface area (Å²) in [5, 5.41) is 6.65. The number of hydrogen-bond donors (Lipinski definition) is 2. The number of ether oxygens (including phenoxy) is 1. The molecule has 2 aromatic carbocycles. The number of aryl methyl sites for hydroxylation is 1. The first-order valence-corrected chi connectivity index (χ1v) is 8.30. The molecule has 2 aromatic rings. The molecule has 0 radical (unpaired) electrons. The van der Waals surface area contributed by atoms with E-state index in [2.05, 4.69) is 26.6 Å². The third-order valence-corrected chi connectivity index (χ3v) is 4.37. The Hall–Kier alpha value is -1.72. The average molecular weight is 398 g/mol. The van der Waals surface area contributed by atoms with Crippen molar-refractivity contribution in [2.24, 2.45) is 0 Å². The molecule has 0 bridgehead atoms. The van der Waals surface area contributed by atoms with E-state index in [1.807, 2.05) is 25.1 Å². The van der Waals surface area contributed by atoms with E-state index in [1.54, 1.807) is 25.3 Å².